The van der Waals surface area contributed by atoms with Crippen LogP contribution in [0.1, 0.15) is 11.1 Å². The SMILES string of the molecule is COc1ccccc1OCc1c[nH]c2cccc(CN)c12. The summed E-state index contributed by atoms with van der Waals surface area (Å²) in [5, 5.41) is 1.15. The zero-order valence-electron chi connectivity index (χ0n) is 11.9. The van der Waals surface area contributed by atoms with Gasteiger partial charge in [0, 0.05) is 29.2 Å². The van der Waals surface area contributed by atoms with E-state index in [1.165, 1.54) is 0 Å². The van der Waals surface area contributed by atoms with Gasteiger partial charge in [-0.1, -0.05) is 24.3 Å². The number of nitrogens with two attached hydrogens (primary N) is 1. The highest BCUT2D eigenvalue weighted by Gasteiger charge is 2.09. The number of nitrogens with one attached hydrogen (secondary N) is 1. The minimum Gasteiger partial charge on any atom is -0.493 e. The molecule has 3 N–H and O–H groups in total. The Bertz CT molecular complexity index is 749. The number of para-hydroxylation sites is 2. The fourth-order valence-corrected chi connectivity index (χ4v) is 2.51. The van der Waals surface area contributed by atoms with E-state index < -0.39 is 0 Å². The van der Waals surface area contributed by atoms with Crippen LogP contribution in [-0.4, -0.2) is 12.1 Å². The second-order valence-corrected chi connectivity index (χ2v) is 4.80. The molecule has 0 atom stereocenters. The number of H-pyrrole nitrogens is 1. The highest BCUT2D eigenvalue weighted by Crippen LogP contribution is 2.28. The molecular formula is C17H18N2O2. The Labute approximate surface area is 123 Å². The van der Waals surface area contributed by atoms with Crippen LogP contribution in [0.15, 0.2) is 48.7 Å². The molecule has 0 amide bonds. The van der Waals surface area contributed by atoms with Gasteiger partial charge in [-0.2, -0.15) is 0 Å². The monoisotopic (exact) mass is 282 g/mol. The Morgan fingerprint density at radius 2 is 1.81 bits per heavy atom. The van der Waals surface area contributed by atoms with Crippen molar-refractivity contribution < 1.29 is 9.47 Å². The van der Waals surface area contributed by atoms with Crippen LogP contribution in [0.3, 0.4) is 0 Å². The summed E-state index contributed by atoms with van der Waals surface area (Å²) >= 11 is 0. The second-order valence-electron chi connectivity index (χ2n) is 4.80. The minimum absolute atomic E-state index is 0.470. The second kappa shape index (κ2) is 5.89. The predicted molar refractivity (Wildman–Crippen MR) is 83.5 cm³/mol. The van der Waals surface area contributed by atoms with Gasteiger partial charge in [-0.15, -0.1) is 0 Å². The number of benzene rings is 2. The Morgan fingerprint density at radius 3 is 2.57 bits per heavy atom. The normalized spacial score (nSPS) is 10.8. The third-order valence-corrected chi connectivity index (χ3v) is 3.55. The molecule has 0 spiro atoms. The van der Waals surface area contributed by atoms with Crippen molar-refractivity contribution in [1.29, 1.82) is 0 Å². The van der Waals surface area contributed by atoms with Crippen molar-refractivity contribution in [3.05, 3.63) is 59.8 Å². The van der Waals surface area contributed by atoms with Crippen molar-refractivity contribution in [3.8, 4) is 11.5 Å². The number of aromatic amines is 1. The lowest BCUT2D eigenvalue weighted by atomic mass is 10.1. The average molecular weight is 282 g/mol. The topological polar surface area (TPSA) is 60.3 Å². The van der Waals surface area contributed by atoms with E-state index in [0.717, 1.165) is 33.5 Å². The van der Waals surface area contributed by atoms with Crippen LogP contribution < -0.4 is 15.2 Å². The van der Waals surface area contributed by atoms with Crippen molar-refractivity contribution in [2.45, 2.75) is 13.2 Å². The third-order valence-electron chi connectivity index (χ3n) is 3.55. The van der Waals surface area contributed by atoms with Crippen LogP contribution in [0.4, 0.5) is 0 Å². The van der Waals surface area contributed by atoms with E-state index >= 15 is 0 Å². The van der Waals surface area contributed by atoms with Crippen LogP contribution in [0.5, 0.6) is 11.5 Å². The fraction of sp³-hybridized carbons (Fsp3) is 0.176. The number of rotatable bonds is 5. The van der Waals surface area contributed by atoms with Crippen molar-refractivity contribution >= 4 is 10.9 Å². The summed E-state index contributed by atoms with van der Waals surface area (Å²) in [5.41, 5.74) is 9.11. The summed E-state index contributed by atoms with van der Waals surface area (Å²) in [4.78, 5) is 3.26. The van der Waals surface area contributed by atoms with Crippen molar-refractivity contribution in [1.82, 2.24) is 4.98 Å². The fourth-order valence-electron chi connectivity index (χ4n) is 2.51. The summed E-state index contributed by atoms with van der Waals surface area (Å²) in [5.74, 6) is 1.47. The van der Waals surface area contributed by atoms with Crippen LogP contribution in [0, 0.1) is 0 Å². The third kappa shape index (κ3) is 2.58. The highest BCUT2D eigenvalue weighted by molar-refractivity contribution is 5.86. The zero-order chi connectivity index (χ0) is 14.7. The molecule has 108 valence electrons. The predicted octanol–water partition coefficient (Wildman–Crippen LogP) is 3.21. The van der Waals surface area contributed by atoms with Crippen LogP contribution in [0.2, 0.25) is 0 Å². The van der Waals surface area contributed by atoms with Crippen molar-refractivity contribution in [3.63, 3.8) is 0 Å². The molecular weight excluding hydrogens is 264 g/mol. The van der Waals surface area contributed by atoms with Gasteiger partial charge in [-0.25, -0.2) is 0 Å². The molecule has 2 aromatic carbocycles. The first-order chi connectivity index (χ1) is 10.3. The zero-order valence-corrected chi connectivity index (χ0v) is 11.9. The number of methoxy groups -OCH3 is 1. The molecule has 4 heteroatoms. The molecule has 3 rings (SSSR count). The van der Waals surface area contributed by atoms with E-state index in [-0.39, 0.29) is 0 Å². The van der Waals surface area contributed by atoms with Crippen LogP contribution in [0.25, 0.3) is 10.9 Å². The van der Waals surface area contributed by atoms with Gasteiger partial charge >= 0.3 is 0 Å². The number of fused-ring (bicyclic) bond motifs is 1. The van der Waals surface area contributed by atoms with Crippen LogP contribution >= 0.6 is 0 Å². The average Bonchev–Trinajstić information content (AvgIpc) is 2.96. The molecule has 0 aliphatic carbocycles. The molecule has 0 radical (unpaired) electrons. The summed E-state index contributed by atoms with van der Waals surface area (Å²) in [6.45, 7) is 0.980. The molecule has 0 bridgehead atoms. The number of ether oxygens (including phenoxy) is 2. The Balaban J connectivity index is 1.89. The molecule has 0 aliphatic rings. The smallest absolute Gasteiger partial charge is 0.161 e. The highest BCUT2D eigenvalue weighted by atomic mass is 16.5. The molecule has 21 heavy (non-hydrogen) atoms. The van der Waals surface area contributed by atoms with E-state index in [4.69, 9.17) is 15.2 Å². The first-order valence-corrected chi connectivity index (χ1v) is 6.87. The summed E-state index contributed by atoms with van der Waals surface area (Å²) in [7, 11) is 1.64. The lowest BCUT2D eigenvalue weighted by molar-refractivity contribution is 0.285. The molecule has 0 aliphatic heterocycles. The largest absolute Gasteiger partial charge is 0.493 e. The first kappa shape index (κ1) is 13.5. The van der Waals surface area contributed by atoms with Gasteiger partial charge in [0.1, 0.15) is 6.61 Å². The molecule has 4 nitrogen and oxygen atoms in total. The number of hydrogen-bond acceptors (Lipinski definition) is 3. The van der Waals surface area contributed by atoms with E-state index in [2.05, 4.69) is 4.98 Å². The quantitative estimate of drug-likeness (QED) is 0.755. The maximum absolute atomic E-state index is 5.89. The standard InChI is InChI=1S/C17H18N2O2/c1-20-15-7-2-3-8-16(15)21-11-13-10-19-14-6-4-5-12(9-18)17(13)14/h2-8,10,19H,9,11,18H2,1H3. The van der Waals surface area contributed by atoms with E-state index in [1.54, 1.807) is 7.11 Å². The first-order valence-electron chi connectivity index (χ1n) is 6.87. The van der Waals surface area contributed by atoms with E-state index in [0.29, 0.717) is 13.2 Å². The summed E-state index contributed by atoms with van der Waals surface area (Å²) in [6, 6.07) is 13.7. The van der Waals surface area contributed by atoms with Crippen molar-refractivity contribution in [2.75, 3.05) is 7.11 Å². The number of hydrogen-bond donors (Lipinski definition) is 2. The van der Waals surface area contributed by atoms with Gasteiger partial charge in [-0.05, 0) is 23.8 Å². The van der Waals surface area contributed by atoms with Gasteiger partial charge in [-0.3, -0.25) is 0 Å². The molecule has 0 unspecified atom stereocenters. The van der Waals surface area contributed by atoms with Crippen molar-refractivity contribution in [2.24, 2.45) is 5.73 Å². The summed E-state index contributed by atoms with van der Waals surface area (Å²) < 4.78 is 11.2. The van der Waals surface area contributed by atoms with E-state index in [9.17, 15) is 0 Å². The van der Waals surface area contributed by atoms with E-state index in [1.807, 2.05) is 48.7 Å². The lowest BCUT2D eigenvalue weighted by Crippen LogP contribution is -2.00. The lowest BCUT2D eigenvalue weighted by Gasteiger charge is -2.10. The van der Waals surface area contributed by atoms with Gasteiger partial charge in [0.05, 0.1) is 7.11 Å². The molecule has 3 aromatic rings. The van der Waals surface area contributed by atoms with Gasteiger partial charge in [0.15, 0.2) is 11.5 Å². The van der Waals surface area contributed by atoms with Gasteiger partial charge < -0.3 is 20.2 Å². The molecule has 0 saturated heterocycles. The maximum atomic E-state index is 5.89. The number of aromatic nitrogens is 1. The summed E-state index contributed by atoms with van der Waals surface area (Å²) in [6.07, 6.45) is 1.97. The Hall–Kier alpha value is -2.46. The van der Waals surface area contributed by atoms with Gasteiger partial charge in [0.25, 0.3) is 0 Å². The minimum atomic E-state index is 0.470. The maximum Gasteiger partial charge on any atom is 0.161 e. The molecule has 0 fully saturated rings. The molecule has 1 aromatic heterocycles. The Kier molecular flexibility index (Phi) is 3.79. The Morgan fingerprint density at radius 1 is 1.00 bits per heavy atom. The molecule has 1 heterocycles. The molecule has 0 saturated carbocycles. The van der Waals surface area contributed by atoms with Gasteiger partial charge in [0.2, 0.25) is 0 Å². The van der Waals surface area contributed by atoms with Crippen LogP contribution in [-0.2, 0) is 13.2 Å².